The van der Waals surface area contributed by atoms with Crippen molar-refractivity contribution >= 4 is 23.5 Å². The molecule has 0 radical (unpaired) electrons. The summed E-state index contributed by atoms with van der Waals surface area (Å²) in [5, 5.41) is 9.15. The highest BCUT2D eigenvalue weighted by Crippen LogP contribution is 2.25. The van der Waals surface area contributed by atoms with Crippen LogP contribution in [0, 0.1) is 17.7 Å². The fraction of sp³-hybridized carbons (Fsp3) is 0.429. The molecule has 0 aliphatic carbocycles. The van der Waals surface area contributed by atoms with E-state index in [1.54, 1.807) is 0 Å². The molecule has 4 nitrogen and oxygen atoms in total. The lowest BCUT2D eigenvalue weighted by atomic mass is 9.90. The number of carbonyl (C=O) groups excluding carboxylic acids is 1. The Morgan fingerprint density at radius 1 is 1.40 bits per heavy atom. The third-order valence-corrected chi connectivity index (χ3v) is 3.77. The van der Waals surface area contributed by atoms with Crippen molar-refractivity contribution in [3.63, 3.8) is 0 Å². The number of rotatable bonds is 2. The van der Waals surface area contributed by atoms with Gasteiger partial charge in [-0.05, 0) is 30.5 Å². The van der Waals surface area contributed by atoms with Crippen LogP contribution in [0.5, 0.6) is 0 Å². The second-order valence-electron chi connectivity index (χ2n) is 5.21. The van der Waals surface area contributed by atoms with E-state index in [1.165, 1.54) is 17.0 Å². The molecule has 0 bridgehead atoms. The molecule has 1 aromatic rings. The molecule has 1 heterocycles. The number of hydrogen-bond donors (Lipinski definition) is 1. The zero-order valence-corrected chi connectivity index (χ0v) is 11.7. The first kappa shape index (κ1) is 14.8. The maximum Gasteiger partial charge on any atom is 0.308 e. The lowest BCUT2D eigenvalue weighted by Crippen LogP contribution is -2.45. The summed E-state index contributed by atoms with van der Waals surface area (Å²) in [6.45, 7) is 2.55. The maximum absolute atomic E-state index is 13.0. The molecule has 1 aliphatic heterocycles. The molecule has 1 aromatic carbocycles. The van der Waals surface area contributed by atoms with Gasteiger partial charge in [-0.15, -0.1) is 0 Å². The summed E-state index contributed by atoms with van der Waals surface area (Å²) in [5.41, 5.74) is 0.200. The van der Waals surface area contributed by atoms with Gasteiger partial charge in [-0.2, -0.15) is 0 Å². The molecule has 20 heavy (non-hydrogen) atoms. The van der Waals surface area contributed by atoms with Gasteiger partial charge in [-0.1, -0.05) is 18.5 Å². The summed E-state index contributed by atoms with van der Waals surface area (Å²) in [6, 6.07) is 3.58. The monoisotopic (exact) mass is 299 g/mol. The Bertz CT molecular complexity index is 549. The Labute approximate surface area is 121 Å². The summed E-state index contributed by atoms with van der Waals surface area (Å²) in [6.07, 6.45) is 0.552. The average molecular weight is 300 g/mol. The van der Waals surface area contributed by atoms with Gasteiger partial charge in [-0.3, -0.25) is 9.59 Å². The number of likely N-dealkylation sites (tertiary alicyclic amines) is 1. The van der Waals surface area contributed by atoms with Gasteiger partial charge in [0, 0.05) is 13.1 Å². The number of nitrogens with zero attached hydrogens (tertiary/aromatic N) is 1. The van der Waals surface area contributed by atoms with E-state index in [0.717, 1.165) is 6.07 Å². The number of halogens is 2. The fourth-order valence-corrected chi connectivity index (χ4v) is 2.78. The van der Waals surface area contributed by atoms with Crippen molar-refractivity contribution in [2.75, 3.05) is 13.1 Å². The third kappa shape index (κ3) is 3.10. The quantitative estimate of drug-likeness (QED) is 0.913. The zero-order chi connectivity index (χ0) is 14.9. The van der Waals surface area contributed by atoms with Gasteiger partial charge >= 0.3 is 5.97 Å². The summed E-state index contributed by atoms with van der Waals surface area (Å²) < 4.78 is 13.0. The van der Waals surface area contributed by atoms with Gasteiger partial charge in [-0.25, -0.2) is 4.39 Å². The van der Waals surface area contributed by atoms with Crippen LogP contribution in [0.25, 0.3) is 0 Å². The van der Waals surface area contributed by atoms with Crippen LogP contribution in [0.2, 0.25) is 5.02 Å². The highest BCUT2D eigenvalue weighted by molar-refractivity contribution is 6.33. The molecule has 2 unspecified atom stereocenters. The molecule has 1 N–H and O–H groups in total. The van der Waals surface area contributed by atoms with E-state index in [4.69, 9.17) is 16.7 Å². The normalized spacial score (nSPS) is 22.6. The predicted molar refractivity (Wildman–Crippen MR) is 72.2 cm³/mol. The van der Waals surface area contributed by atoms with Crippen LogP contribution in [0.15, 0.2) is 18.2 Å². The number of piperidine rings is 1. The molecule has 108 valence electrons. The van der Waals surface area contributed by atoms with E-state index in [-0.39, 0.29) is 29.0 Å². The SMILES string of the molecule is CC1CC(C(=O)O)CN(C(=O)c2ccc(F)cc2Cl)C1. The molecular weight excluding hydrogens is 285 g/mol. The number of benzene rings is 1. The Hall–Kier alpha value is -1.62. The Kier molecular flexibility index (Phi) is 4.28. The molecule has 0 aromatic heterocycles. The van der Waals surface area contributed by atoms with E-state index in [2.05, 4.69) is 0 Å². The lowest BCUT2D eigenvalue weighted by molar-refractivity contribution is -0.143. The highest BCUT2D eigenvalue weighted by atomic mass is 35.5. The van der Waals surface area contributed by atoms with Gasteiger partial charge in [0.05, 0.1) is 16.5 Å². The average Bonchev–Trinajstić information content (AvgIpc) is 2.37. The predicted octanol–water partition coefficient (Wildman–Crippen LogP) is 2.66. The van der Waals surface area contributed by atoms with Crippen molar-refractivity contribution in [2.45, 2.75) is 13.3 Å². The first-order chi connectivity index (χ1) is 9.38. The first-order valence-electron chi connectivity index (χ1n) is 6.35. The second-order valence-corrected chi connectivity index (χ2v) is 5.62. The van der Waals surface area contributed by atoms with E-state index in [9.17, 15) is 14.0 Å². The highest BCUT2D eigenvalue weighted by Gasteiger charge is 2.32. The van der Waals surface area contributed by atoms with Crippen molar-refractivity contribution in [1.29, 1.82) is 0 Å². The molecule has 1 aliphatic rings. The summed E-state index contributed by atoms with van der Waals surface area (Å²) in [4.78, 5) is 25.0. The number of carbonyl (C=O) groups is 2. The summed E-state index contributed by atoms with van der Waals surface area (Å²) in [7, 11) is 0. The van der Waals surface area contributed by atoms with Crippen molar-refractivity contribution in [3.05, 3.63) is 34.6 Å². The molecule has 2 atom stereocenters. The number of carboxylic acid groups (broad SMARTS) is 1. The molecule has 6 heteroatoms. The van der Waals surface area contributed by atoms with Crippen LogP contribution in [0.4, 0.5) is 4.39 Å². The van der Waals surface area contributed by atoms with Gasteiger partial charge < -0.3 is 10.0 Å². The number of aliphatic carboxylic acids is 1. The second kappa shape index (κ2) is 5.79. The Morgan fingerprint density at radius 3 is 2.70 bits per heavy atom. The molecule has 2 rings (SSSR count). The number of amides is 1. The number of carboxylic acids is 1. The largest absolute Gasteiger partial charge is 0.481 e. The van der Waals surface area contributed by atoms with Gasteiger partial charge in [0.15, 0.2) is 0 Å². The van der Waals surface area contributed by atoms with Crippen molar-refractivity contribution < 1.29 is 19.1 Å². The number of hydrogen-bond acceptors (Lipinski definition) is 2. The molecule has 1 fully saturated rings. The van der Waals surface area contributed by atoms with Crippen LogP contribution in [0.3, 0.4) is 0 Å². The van der Waals surface area contributed by atoms with Crippen molar-refractivity contribution in [2.24, 2.45) is 11.8 Å². The minimum Gasteiger partial charge on any atom is -0.481 e. The van der Waals surface area contributed by atoms with E-state index < -0.39 is 17.7 Å². The topological polar surface area (TPSA) is 57.6 Å². The zero-order valence-electron chi connectivity index (χ0n) is 11.0. The minimum absolute atomic E-state index is 0.0418. The first-order valence-corrected chi connectivity index (χ1v) is 6.73. The summed E-state index contributed by atoms with van der Waals surface area (Å²) >= 11 is 5.88. The fourth-order valence-electron chi connectivity index (χ4n) is 2.53. The standard InChI is InChI=1S/C14H15ClFNO3/c1-8-4-9(14(19)20)7-17(6-8)13(18)11-3-2-10(16)5-12(11)15/h2-3,5,8-9H,4,6-7H2,1H3,(H,19,20). The van der Waals surface area contributed by atoms with Crippen LogP contribution < -0.4 is 0 Å². The summed E-state index contributed by atoms with van der Waals surface area (Å²) in [5.74, 6) is -2.23. The maximum atomic E-state index is 13.0. The molecule has 0 spiro atoms. The van der Waals surface area contributed by atoms with E-state index in [1.807, 2.05) is 6.92 Å². The van der Waals surface area contributed by atoms with Crippen LogP contribution in [-0.2, 0) is 4.79 Å². The van der Waals surface area contributed by atoms with Crippen LogP contribution >= 0.6 is 11.6 Å². The van der Waals surface area contributed by atoms with Crippen molar-refractivity contribution in [3.8, 4) is 0 Å². The molecule has 0 saturated carbocycles. The van der Waals surface area contributed by atoms with Gasteiger partial charge in [0.2, 0.25) is 0 Å². The lowest BCUT2D eigenvalue weighted by Gasteiger charge is -2.34. The smallest absolute Gasteiger partial charge is 0.308 e. The van der Waals surface area contributed by atoms with E-state index >= 15 is 0 Å². The Balaban J connectivity index is 2.21. The third-order valence-electron chi connectivity index (χ3n) is 3.46. The van der Waals surface area contributed by atoms with Gasteiger partial charge in [0.25, 0.3) is 5.91 Å². The van der Waals surface area contributed by atoms with E-state index in [0.29, 0.717) is 13.0 Å². The molecule has 1 saturated heterocycles. The Morgan fingerprint density at radius 2 is 2.10 bits per heavy atom. The molecular formula is C14H15ClFNO3. The van der Waals surface area contributed by atoms with Crippen LogP contribution in [0.1, 0.15) is 23.7 Å². The van der Waals surface area contributed by atoms with Crippen LogP contribution in [-0.4, -0.2) is 35.0 Å². The van der Waals surface area contributed by atoms with Crippen molar-refractivity contribution in [1.82, 2.24) is 4.90 Å². The molecule has 1 amide bonds. The minimum atomic E-state index is -0.903. The van der Waals surface area contributed by atoms with Gasteiger partial charge in [0.1, 0.15) is 5.82 Å².